The number of aliphatic hydroxyl groups excluding tert-OH is 1. The monoisotopic (exact) mass is 488 g/mol. The summed E-state index contributed by atoms with van der Waals surface area (Å²) in [7, 11) is 6.83. The van der Waals surface area contributed by atoms with Gasteiger partial charge in [0.1, 0.15) is 17.3 Å². The molecule has 2 aromatic carbocycles. The number of hydrogen-bond acceptors (Lipinski definition) is 6. The second-order valence-corrected chi connectivity index (χ2v) is 8.33. The molecule has 2 aromatic rings. The van der Waals surface area contributed by atoms with Crippen LogP contribution >= 0.6 is 15.9 Å². The molecular weight excluding hydrogens is 464 g/mol. The summed E-state index contributed by atoms with van der Waals surface area (Å²) >= 11 is 3.36. The van der Waals surface area contributed by atoms with Gasteiger partial charge < -0.3 is 24.4 Å². The number of benzene rings is 2. The average Bonchev–Trinajstić information content (AvgIpc) is 3.01. The summed E-state index contributed by atoms with van der Waals surface area (Å²) in [6.45, 7) is 0.855. The molecule has 1 aliphatic heterocycles. The van der Waals surface area contributed by atoms with Crippen LogP contribution < -0.4 is 9.47 Å². The number of methoxy groups -OCH3 is 2. The zero-order valence-corrected chi connectivity index (χ0v) is 19.5. The van der Waals surface area contributed by atoms with Gasteiger partial charge in [0.2, 0.25) is 0 Å². The van der Waals surface area contributed by atoms with Crippen LogP contribution in [0.5, 0.6) is 11.5 Å². The maximum absolute atomic E-state index is 13.1. The van der Waals surface area contributed by atoms with Crippen LogP contribution in [0.4, 0.5) is 0 Å². The van der Waals surface area contributed by atoms with Crippen LogP contribution in [0, 0.1) is 0 Å². The van der Waals surface area contributed by atoms with Crippen LogP contribution in [0.1, 0.15) is 17.2 Å². The minimum atomic E-state index is -0.811. The van der Waals surface area contributed by atoms with Crippen LogP contribution in [0.2, 0.25) is 0 Å². The van der Waals surface area contributed by atoms with Crippen molar-refractivity contribution in [2.24, 2.45) is 0 Å². The molecule has 1 amide bonds. The van der Waals surface area contributed by atoms with Crippen LogP contribution in [-0.4, -0.2) is 68.0 Å². The molecule has 3 rings (SSSR count). The van der Waals surface area contributed by atoms with Crippen LogP contribution in [-0.2, 0) is 9.59 Å². The predicted octanol–water partition coefficient (Wildman–Crippen LogP) is 3.45. The molecule has 0 bridgehead atoms. The zero-order valence-electron chi connectivity index (χ0n) is 17.9. The highest BCUT2D eigenvalue weighted by molar-refractivity contribution is 9.10. The summed E-state index contributed by atoms with van der Waals surface area (Å²) < 4.78 is 11.7. The lowest BCUT2D eigenvalue weighted by molar-refractivity contribution is -0.140. The number of halogens is 1. The molecule has 1 aliphatic rings. The minimum absolute atomic E-state index is 0.0256. The molecule has 1 N–H and O–H groups in total. The number of Topliss-reactive ketones (excluding diaryl/α,β-unsaturated/α-hetero) is 1. The van der Waals surface area contributed by atoms with Crippen molar-refractivity contribution in [2.45, 2.75) is 6.04 Å². The third-order valence-electron chi connectivity index (χ3n) is 5.18. The Morgan fingerprint density at radius 1 is 1.10 bits per heavy atom. The normalized spacial score (nSPS) is 18.0. The van der Waals surface area contributed by atoms with Gasteiger partial charge in [-0.1, -0.05) is 28.1 Å². The average molecular weight is 489 g/mol. The Labute approximate surface area is 190 Å². The number of likely N-dealkylation sites (N-methyl/N-ethyl adjacent to an activating group) is 1. The number of ether oxygens (including phenoxy) is 2. The van der Waals surface area contributed by atoms with Crippen LogP contribution in [0.15, 0.2) is 52.5 Å². The standard InChI is InChI=1S/C23H25BrN2O5/c1-25(2)11-12-26-20(17-13-16(30-3)9-10-18(17)31-4)19(22(28)23(26)29)21(27)14-5-7-15(24)8-6-14/h5-10,13,20,27H,11-12H2,1-4H3/b21-19+/t20-/m1/s1. The number of carbonyl (C=O) groups is 2. The maximum Gasteiger partial charge on any atom is 0.295 e. The quantitative estimate of drug-likeness (QED) is 0.365. The fourth-order valence-electron chi connectivity index (χ4n) is 3.56. The summed E-state index contributed by atoms with van der Waals surface area (Å²) in [5, 5.41) is 11.1. The van der Waals surface area contributed by atoms with E-state index in [1.165, 1.54) is 19.1 Å². The van der Waals surface area contributed by atoms with Crippen LogP contribution in [0.25, 0.3) is 5.76 Å². The van der Waals surface area contributed by atoms with E-state index in [-0.39, 0.29) is 11.3 Å². The van der Waals surface area contributed by atoms with E-state index < -0.39 is 17.7 Å². The summed E-state index contributed by atoms with van der Waals surface area (Å²) in [6.07, 6.45) is 0. The highest BCUT2D eigenvalue weighted by Crippen LogP contribution is 2.43. The number of likely N-dealkylation sites (tertiary alicyclic amines) is 1. The molecule has 0 unspecified atom stereocenters. The Kier molecular flexibility index (Phi) is 7.02. The van der Waals surface area contributed by atoms with E-state index in [9.17, 15) is 14.7 Å². The number of ketones is 1. The number of carbonyl (C=O) groups excluding carboxylic acids is 2. The van der Waals surface area contributed by atoms with Crippen molar-refractivity contribution in [2.75, 3.05) is 41.4 Å². The molecule has 0 aliphatic carbocycles. The van der Waals surface area contributed by atoms with Gasteiger partial charge in [-0.05, 0) is 44.4 Å². The van der Waals surface area contributed by atoms with Gasteiger partial charge in [-0.25, -0.2) is 0 Å². The molecule has 7 nitrogen and oxygen atoms in total. The molecule has 0 aromatic heterocycles. The van der Waals surface area contributed by atoms with Gasteiger partial charge in [-0.15, -0.1) is 0 Å². The first-order valence-corrected chi connectivity index (χ1v) is 10.5. The van der Waals surface area contributed by atoms with Gasteiger partial charge in [0.25, 0.3) is 11.7 Å². The number of rotatable bonds is 7. The second kappa shape index (κ2) is 9.53. The Bertz CT molecular complexity index is 1020. The van der Waals surface area contributed by atoms with E-state index in [0.717, 1.165) is 4.47 Å². The van der Waals surface area contributed by atoms with E-state index in [1.807, 2.05) is 19.0 Å². The smallest absolute Gasteiger partial charge is 0.295 e. The Morgan fingerprint density at radius 2 is 1.77 bits per heavy atom. The Hall–Kier alpha value is -2.84. The molecule has 0 radical (unpaired) electrons. The van der Waals surface area contributed by atoms with E-state index in [0.29, 0.717) is 35.7 Å². The lowest BCUT2D eigenvalue weighted by Gasteiger charge is -2.28. The summed E-state index contributed by atoms with van der Waals surface area (Å²) in [4.78, 5) is 29.5. The fourth-order valence-corrected chi connectivity index (χ4v) is 3.82. The van der Waals surface area contributed by atoms with Crippen molar-refractivity contribution >= 4 is 33.4 Å². The molecule has 0 spiro atoms. The van der Waals surface area contributed by atoms with Gasteiger partial charge in [-0.3, -0.25) is 9.59 Å². The van der Waals surface area contributed by atoms with Crippen molar-refractivity contribution in [1.29, 1.82) is 0 Å². The highest BCUT2D eigenvalue weighted by atomic mass is 79.9. The first-order chi connectivity index (χ1) is 14.8. The van der Waals surface area contributed by atoms with Gasteiger partial charge >= 0.3 is 0 Å². The van der Waals surface area contributed by atoms with Crippen LogP contribution in [0.3, 0.4) is 0 Å². The predicted molar refractivity (Wildman–Crippen MR) is 121 cm³/mol. The van der Waals surface area contributed by atoms with Crippen molar-refractivity contribution in [1.82, 2.24) is 9.80 Å². The van der Waals surface area contributed by atoms with E-state index in [2.05, 4.69) is 15.9 Å². The van der Waals surface area contributed by atoms with Gasteiger partial charge in [0.15, 0.2) is 0 Å². The molecule has 0 saturated carbocycles. The SMILES string of the molecule is COc1ccc(OC)c([C@@H]2/C(=C(\O)c3ccc(Br)cc3)C(=O)C(=O)N2CCN(C)C)c1. The molecular formula is C23H25BrN2O5. The molecule has 1 saturated heterocycles. The third-order valence-corrected chi connectivity index (χ3v) is 5.71. The zero-order chi connectivity index (χ0) is 22.7. The van der Waals surface area contributed by atoms with Gasteiger partial charge in [0, 0.05) is 28.7 Å². The van der Waals surface area contributed by atoms with E-state index in [4.69, 9.17) is 9.47 Å². The first-order valence-electron chi connectivity index (χ1n) is 9.69. The maximum atomic E-state index is 13.1. The van der Waals surface area contributed by atoms with E-state index in [1.54, 1.807) is 42.5 Å². The summed E-state index contributed by atoms with van der Waals surface area (Å²) in [5.41, 5.74) is 1.04. The van der Waals surface area contributed by atoms with Crippen molar-refractivity contribution < 1.29 is 24.2 Å². The highest BCUT2D eigenvalue weighted by Gasteiger charge is 2.47. The number of aliphatic hydroxyl groups is 1. The minimum Gasteiger partial charge on any atom is -0.507 e. The molecule has 1 fully saturated rings. The lowest BCUT2D eigenvalue weighted by Crippen LogP contribution is -2.35. The topological polar surface area (TPSA) is 79.3 Å². The third kappa shape index (κ3) is 4.60. The van der Waals surface area contributed by atoms with Gasteiger partial charge in [0.05, 0.1) is 25.8 Å². The largest absolute Gasteiger partial charge is 0.507 e. The molecule has 164 valence electrons. The van der Waals surface area contributed by atoms with Gasteiger partial charge in [-0.2, -0.15) is 0 Å². The first kappa shape index (κ1) is 22.8. The molecule has 31 heavy (non-hydrogen) atoms. The molecule has 1 atom stereocenters. The summed E-state index contributed by atoms with van der Waals surface area (Å²) in [5.74, 6) is -0.570. The number of amides is 1. The number of hydrogen-bond donors (Lipinski definition) is 1. The lowest BCUT2D eigenvalue weighted by atomic mass is 9.94. The Morgan fingerprint density at radius 3 is 2.35 bits per heavy atom. The summed E-state index contributed by atoms with van der Waals surface area (Å²) in [6, 6.07) is 11.3. The van der Waals surface area contributed by atoms with Crippen molar-refractivity contribution in [3.8, 4) is 11.5 Å². The fraction of sp³-hybridized carbons (Fsp3) is 0.304. The Balaban J connectivity index is 2.23. The van der Waals surface area contributed by atoms with Crippen molar-refractivity contribution in [3.63, 3.8) is 0 Å². The van der Waals surface area contributed by atoms with E-state index >= 15 is 0 Å². The molecule has 8 heteroatoms. The van der Waals surface area contributed by atoms with Crippen molar-refractivity contribution in [3.05, 3.63) is 63.6 Å². The molecule has 1 heterocycles. The number of nitrogens with zero attached hydrogens (tertiary/aromatic N) is 2. The second-order valence-electron chi connectivity index (χ2n) is 7.41.